The van der Waals surface area contributed by atoms with E-state index < -0.39 is 23.9 Å². The SMILES string of the molecule is CCCCCCCCCCCCOc1ccc(C(=O)Oc2ccc(C(=O)Oc3cccc(C(=O)Oc4ccc(C(=O)Oc5ccc(Cl)cc5)cc4)c3)cc2)cc1. The van der Waals surface area contributed by atoms with Gasteiger partial charge in [0.05, 0.1) is 28.9 Å². The van der Waals surface area contributed by atoms with Crippen molar-refractivity contribution in [1.82, 2.24) is 0 Å². The quantitative estimate of drug-likeness (QED) is 0.0433. The summed E-state index contributed by atoms with van der Waals surface area (Å²) in [6, 6.07) is 31.0. The van der Waals surface area contributed by atoms with Crippen LogP contribution in [0.5, 0.6) is 28.7 Å². The van der Waals surface area contributed by atoms with E-state index in [1.54, 1.807) is 54.6 Å². The predicted octanol–water partition coefficient (Wildman–Crippen LogP) is 11.5. The van der Waals surface area contributed by atoms with E-state index in [-0.39, 0.29) is 33.9 Å². The highest BCUT2D eigenvalue weighted by molar-refractivity contribution is 6.30. The highest BCUT2D eigenvalue weighted by atomic mass is 35.5. The van der Waals surface area contributed by atoms with Gasteiger partial charge in [-0.3, -0.25) is 0 Å². The van der Waals surface area contributed by atoms with Crippen LogP contribution in [0.2, 0.25) is 5.02 Å². The van der Waals surface area contributed by atoms with Crippen molar-refractivity contribution in [2.45, 2.75) is 71.1 Å². The summed E-state index contributed by atoms with van der Waals surface area (Å²) in [6.07, 6.45) is 12.6. The van der Waals surface area contributed by atoms with Crippen LogP contribution in [0.15, 0.2) is 121 Å². The van der Waals surface area contributed by atoms with E-state index in [2.05, 4.69) is 6.92 Å². The van der Waals surface area contributed by atoms with Crippen LogP contribution in [-0.4, -0.2) is 30.5 Å². The van der Waals surface area contributed by atoms with E-state index in [0.29, 0.717) is 28.7 Å². The Morgan fingerprint density at radius 1 is 0.411 bits per heavy atom. The first kappa shape index (κ1) is 41.2. The third kappa shape index (κ3) is 13.4. The summed E-state index contributed by atoms with van der Waals surface area (Å²) in [5.41, 5.74) is 0.962. The molecule has 5 aromatic carbocycles. The molecule has 0 aliphatic carbocycles. The Kier molecular flexibility index (Phi) is 16.1. The number of hydrogen-bond donors (Lipinski definition) is 0. The molecule has 0 bridgehead atoms. The molecule has 0 aliphatic heterocycles. The summed E-state index contributed by atoms with van der Waals surface area (Å²) >= 11 is 5.87. The van der Waals surface area contributed by atoms with Crippen molar-refractivity contribution >= 4 is 35.5 Å². The van der Waals surface area contributed by atoms with Gasteiger partial charge in [-0.05, 0) is 122 Å². The summed E-state index contributed by atoms with van der Waals surface area (Å²) in [4.78, 5) is 50.9. The van der Waals surface area contributed by atoms with Gasteiger partial charge in [0.25, 0.3) is 0 Å². The number of hydrogen-bond acceptors (Lipinski definition) is 9. The van der Waals surface area contributed by atoms with E-state index in [1.165, 1.54) is 118 Å². The molecule has 0 unspecified atom stereocenters. The van der Waals surface area contributed by atoms with Crippen molar-refractivity contribution in [3.63, 3.8) is 0 Å². The van der Waals surface area contributed by atoms with Gasteiger partial charge in [-0.2, -0.15) is 0 Å². The minimum atomic E-state index is -0.697. The maximum absolute atomic E-state index is 12.9. The third-order valence-corrected chi connectivity index (χ3v) is 9.01. The fourth-order valence-corrected chi connectivity index (χ4v) is 5.76. The Labute approximate surface area is 332 Å². The molecule has 0 saturated heterocycles. The number of carbonyl (C=O) groups is 4. The molecule has 0 saturated carbocycles. The molecule has 0 aliphatic rings. The number of unbranched alkanes of at least 4 members (excludes halogenated alkanes) is 9. The van der Waals surface area contributed by atoms with Crippen molar-refractivity contribution in [3.05, 3.63) is 149 Å². The van der Waals surface area contributed by atoms with Gasteiger partial charge in [-0.25, -0.2) is 19.2 Å². The lowest BCUT2D eigenvalue weighted by Gasteiger charge is -2.09. The van der Waals surface area contributed by atoms with Gasteiger partial charge >= 0.3 is 23.9 Å². The molecule has 0 atom stereocenters. The van der Waals surface area contributed by atoms with E-state index in [4.69, 9.17) is 35.3 Å². The molecule has 5 rings (SSSR count). The molecule has 9 nitrogen and oxygen atoms in total. The number of benzene rings is 5. The smallest absolute Gasteiger partial charge is 0.343 e. The van der Waals surface area contributed by atoms with Crippen LogP contribution >= 0.6 is 11.6 Å². The van der Waals surface area contributed by atoms with Gasteiger partial charge in [-0.1, -0.05) is 82.4 Å². The monoisotopic (exact) mass is 776 g/mol. The standard InChI is InChI=1S/C46H45ClO9/c1-2-3-4-5-6-7-8-9-10-11-31-52-38-23-15-33(16-24-38)43(48)53-39-25-19-35(20-26-39)45(50)56-42-14-12-13-36(32-42)46(51)55-40-27-17-34(18-28-40)44(49)54-41-29-21-37(47)22-30-41/h12-30,32H,2-11,31H2,1H3. The molecule has 290 valence electrons. The van der Waals surface area contributed by atoms with E-state index in [0.717, 1.165) is 12.8 Å². The van der Waals surface area contributed by atoms with Gasteiger partial charge < -0.3 is 23.7 Å². The Morgan fingerprint density at radius 3 is 1.25 bits per heavy atom. The fraction of sp³-hybridized carbons (Fsp3) is 0.261. The first-order chi connectivity index (χ1) is 27.3. The zero-order valence-corrected chi connectivity index (χ0v) is 32.1. The second-order valence-electron chi connectivity index (χ2n) is 13.1. The molecule has 0 aromatic heterocycles. The second-order valence-corrected chi connectivity index (χ2v) is 13.6. The molecule has 10 heteroatoms. The third-order valence-electron chi connectivity index (χ3n) is 8.76. The molecule has 0 fully saturated rings. The van der Waals surface area contributed by atoms with Gasteiger partial charge in [0.1, 0.15) is 28.7 Å². The average Bonchev–Trinajstić information content (AvgIpc) is 3.21. The molecule has 0 amide bonds. The van der Waals surface area contributed by atoms with Gasteiger partial charge in [0.2, 0.25) is 0 Å². The summed E-state index contributed by atoms with van der Waals surface area (Å²) in [6.45, 7) is 2.88. The Bertz CT molecular complexity index is 2020. The van der Waals surface area contributed by atoms with E-state index in [1.807, 2.05) is 0 Å². The number of esters is 4. The lowest BCUT2D eigenvalue weighted by atomic mass is 10.1. The zero-order chi connectivity index (χ0) is 39.5. The van der Waals surface area contributed by atoms with Crippen LogP contribution < -0.4 is 23.7 Å². The molecule has 56 heavy (non-hydrogen) atoms. The lowest BCUT2D eigenvalue weighted by molar-refractivity contribution is 0.0712. The molecular weight excluding hydrogens is 732 g/mol. The summed E-state index contributed by atoms with van der Waals surface area (Å²) in [5.74, 6) is -0.896. The van der Waals surface area contributed by atoms with Gasteiger partial charge in [-0.15, -0.1) is 0 Å². The first-order valence-electron chi connectivity index (χ1n) is 18.9. The highest BCUT2D eigenvalue weighted by Crippen LogP contribution is 2.22. The lowest BCUT2D eigenvalue weighted by Crippen LogP contribution is -2.12. The summed E-state index contributed by atoms with van der Waals surface area (Å²) in [5, 5.41) is 0.518. The molecule has 0 N–H and O–H groups in total. The minimum absolute atomic E-state index is 0.121. The maximum atomic E-state index is 12.9. The topological polar surface area (TPSA) is 114 Å². The maximum Gasteiger partial charge on any atom is 0.343 e. The average molecular weight is 777 g/mol. The zero-order valence-electron chi connectivity index (χ0n) is 31.4. The molecule has 0 spiro atoms. The first-order valence-corrected chi connectivity index (χ1v) is 19.3. The van der Waals surface area contributed by atoms with Gasteiger partial charge in [0, 0.05) is 5.02 Å². The van der Waals surface area contributed by atoms with Gasteiger partial charge in [0.15, 0.2) is 0 Å². The van der Waals surface area contributed by atoms with Crippen LogP contribution in [0, 0.1) is 0 Å². The number of carbonyl (C=O) groups excluding carboxylic acids is 4. The Balaban J connectivity index is 1.03. The fourth-order valence-electron chi connectivity index (χ4n) is 5.64. The van der Waals surface area contributed by atoms with Crippen molar-refractivity contribution in [2.75, 3.05) is 6.61 Å². The Morgan fingerprint density at radius 2 is 0.786 bits per heavy atom. The number of rotatable bonds is 20. The Hall–Kier alpha value is -5.93. The summed E-state index contributed by atoms with van der Waals surface area (Å²) < 4.78 is 27.6. The predicted molar refractivity (Wildman–Crippen MR) is 214 cm³/mol. The second kappa shape index (κ2) is 21.8. The van der Waals surface area contributed by atoms with Crippen LogP contribution in [0.4, 0.5) is 0 Å². The minimum Gasteiger partial charge on any atom is -0.494 e. The molecule has 0 heterocycles. The molecule has 0 radical (unpaired) electrons. The van der Waals surface area contributed by atoms with Crippen LogP contribution in [-0.2, 0) is 0 Å². The van der Waals surface area contributed by atoms with Crippen molar-refractivity contribution in [1.29, 1.82) is 0 Å². The molecule has 5 aromatic rings. The normalized spacial score (nSPS) is 10.7. The summed E-state index contributed by atoms with van der Waals surface area (Å²) in [7, 11) is 0. The van der Waals surface area contributed by atoms with E-state index >= 15 is 0 Å². The van der Waals surface area contributed by atoms with Crippen molar-refractivity contribution in [2.24, 2.45) is 0 Å². The molecular formula is C46H45ClO9. The number of halogens is 1. The largest absolute Gasteiger partial charge is 0.494 e. The van der Waals surface area contributed by atoms with Crippen molar-refractivity contribution < 1.29 is 42.9 Å². The van der Waals surface area contributed by atoms with E-state index in [9.17, 15) is 19.2 Å². The van der Waals surface area contributed by atoms with Crippen LogP contribution in [0.3, 0.4) is 0 Å². The van der Waals surface area contributed by atoms with Crippen LogP contribution in [0.1, 0.15) is 113 Å². The van der Waals surface area contributed by atoms with Crippen molar-refractivity contribution in [3.8, 4) is 28.7 Å². The highest BCUT2D eigenvalue weighted by Gasteiger charge is 2.16. The van der Waals surface area contributed by atoms with Crippen LogP contribution in [0.25, 0.3) is 0 Å². The number of ether oxygens (including phenoxy) is 5.